The number of carbonyl (C=O) groups is 1. The van der Waals surface area contributed by atoms with Crippen molar-refractivity contribution in [1.82, 2.24) is 10.3 Å². The summed E-state index contributed by atoms with van der Waals surface area (Å²) in [4.78, 5) is 19.3. The number of rotatable bonds is 6. The first-order valence-corrected chi connectivity index (χ1v) is 6.61. The number of alkyl halides is 3. The Balaban J connectivity index is 2.66. The van der Waals surface area contributed by atoms with Crippen LogP contribution in [0.4, 0.5) is 18.9 Å². The zero-order valence-electron chi connectivity index (χ0n) is 11.6. The van der Waals surface area contributed by atoms with E-state index in [1.807, 2.05) is 6.92 Å². The second kappa shape index (κ2) is 7.88. The second-order valence-electron chi connectivity index (χ2n) is 4.51. The third kappa shape index (κ3) is 7.16. The molecule has 0 saturated heterocycles. The van der Waals surface area contributed by atoms with Crippen molar-refractivity contribution < 1.29 is 18.0 Å². The smallest absolute Gasteiger partial charge is 0.342 e. The van der Waals surface area contributed by atoms with E-state index in [2.05, 4.69) is 15.3 Å². The van der Waals surface area contributed by atoms with Gasteiger partial charge in [-0.25, -0.2) is 0 Å². The Labute approximate surface area is 130 Å². The Bertz CT molecular complexity index is 575. The molecular formula is C13H14ClF3N4O. The predicted octanol–water partition coefficient (Wildman–Crippen LogP) is 3.14. The molecule has 0 saturated carbocycles. The molecule has 0 bridgehead atoms. The number of aryl methyl sites for hydroxylation is 1. The van der Waals surface area contributed by atoms with Gasteiger partial charge in [-0.2, -0.15) is 13.2 Å². The molecule has 0 fully saturated rings. The quantitative estimate of drug-likeness (QED) is 0.784. The summed E-state index contributed by atoms with van der Waals surface area (Å²) >= 11 is 5.51. The fourth-order valence-electron chi connectivity index (χ4n) is 1.44. The molecule has 120 valence electrons. The summed E-state index contributed by atoms with van der Waals surface area (Å²) in [5, 5.41) is 9.08. The Kier molecular flexibility index (Phi) is 6.48. The molecule has 1 atom stereocenters. The third-order valence-corrected chi connectivity index (χ3v) is 2.69. The van der Waals surface area contributed by atoms with Gasteiger partial charge in [-0.15, -0.1) is 0 Å². The predicted molar refractivity (Wildman–Crippen MR) is 77.9 cm³/mol. The van der Waals surface area contributed by atoms with Gasteiger partial charge in [-0.05, 0) is 18.6 Å². The van der Waals surface area contributed by atoms with Gasteiger partial charge >= 0.3 is 6.18 Å². The highest BCUT2D eigenvalue weighted by atomic mass is 35.5. The molecule has 0 radical (unpaired) electrons. The van der Waals surface area contributed by atoms with E-state index < -0.39 is 36.1 Å². The van der Waals surface area contributed by atoms with E-state index >= 15 is 0 Å². The number of pyridine rings is 1. The summed E-state index contributed by atoms with van der Waals surface area (Å²) in [5.41, 5.74) is 1.34. The molecule has 0 aromatic carbocycles. The number of aromatic nitrogens is 1. The molecule has 2 N–H and O–H groups in total. The maximum Gasteiger partial charge on any atom is 0.389 e. The lowest BCUT2D eigenvalue weighted by molar-refractivity contribution is -0.144. The fraction of sp³-hybridized carbons (Fsp3) is 0.385. The van der Waals surface area contributed by atoms with Crippen molar-refractivity contribution in [2.24, 2.45) is 4.99 Å². The third-order valence-electron chi connectivity index (χ3n) is 2.46. The molecular weight excluding hydrogens is 321 g/mol. The van der Waals surface area contributed by atoms with E-state index in [1.54, 1.807) is 12.3 Å². The Morgan fingerprint density at radius 3 is 2.77 bits per heavy atom. The van der Waals surface area contributed by atoms with Crippen molar-refractivity contribution in [2.45, 2.75) is 32.0 Å². The molecule has 1 unspecified atom stereocenters. The van der Waals surface area contributed by atoms with Crippen LogP contribution in [-0.2, 0) is 4.79 Å². The molecule has 5 nitrogen and oxygen atoms in total. The minimum atomic E-state index is -4.41. The van der Waals surface area contributed by atoms with Gasteiger partial charge in [0, 0.05) is 18.8 Å². The van der Waals surface area contributed by atoms with Gasteiger partial charge in [0.05, 0.1) is 18.3 Å². The number of amides is 1. The van der Waals surface area contributed by atoms with E-state index in [0.717, 1.165) is 5.56 Å². The van der Waals surface area contributed by atoms with E-state index in [4.69, 9.17) is 17.0 Å². The monoisotopic (exact) mass is 334 g/mol. The molecule has 0 aliphatic heterocycles. The normalized spacial score (nSPS) is 13.1. The largest absolute Gasteiger partial charge is 0.389 e. The Morgan fingerprint density at radius 2 is 2.23 bits per heavy atom. The van der Waals surface area contributed by atoms with Gasteiger partial charge < -0.3 is 5.32 Å². The molecule has 1 heterocycles. The van der Waals surface area contributed by atoms with Crippen molar-refractivity contribution in [2.75, 3.05) is 0 Å². The van der Waals surface area contributed by atoms with E-state index in [0.29, 0.717) is 5.69 Å². The van der Waals surface area contributed by atoms with Gasteiger partial charge in [0.1, 0.15) is 11.2 Å². The van der Waals surface area contributed by atoms with Crippen LogP contribution in [0.1, 0.15) is 18.4 Å². The molecule has 9 heteroatoms. The molecule has 22 heavy (non-hydrogen) atoms. The van der Waals surface area contributed by atoms with Gasteiger partial charge in [0.25, 0.3) is 0 Å². The average molecular weight is 335 g/mol. The minimum absolute atomic E-state index is 0.454. The number of hydrogen-bond acceptors (Lipinski definition) is 4. The van der Waals surface area contributed by atoms with Crippen molar-refractivity contribution in [1.29, 1.82) is 5.41 Å². The topological polar surface area (TPSA) is 78.2 Å². The molecule has 0 aliphatic rings. The van der Waals surface area contributed by atoms with E-state index in [9.17, 15) is 18.0 Å². The molecule has 0 spiro atoms. The first-order chi connectivity index (χ1) is 10.2. The molecule has 1 aromatic heterocycles. The van der Waals surface area contributed by atoms with Crippen LogP contribution in [-0.4, -0.2) is 34.5 Å². The molecule has 1 aromatic rings. The van der Waals surface area contributed by atoms with Crippen LogP contribution in [0, 0.1) is 12.3 Å². The highest BCUT2D eigenvalue weighted by Gasteiger charge is 2.28. The van der Waals surface area contributed by atoms with Crippen LogP contribution in [0.15, 0.2) is 23.5 Å². The number of nitrogens with zero attached hydrogens (tertiary/aromatic N) is 2. The van der Waals surface area contributed by atoms with Crippen LogP contribution in [0.5, 0.6) is 0 Å². The van der Waals surface area contributed by atoms with Crippen LogP contribution < -0.4 is 5.32 Å². The second-order valence-corrected chi connectivity index (χ2v) is 4.91. The van der Waals surface area contributed by atoms with E-state index in [1.165, 1.54) is 12.4 Å². The first kappa shape index (κ1) is 18.1. The molecule has 0 aliphatic carbocycles. The van der Waals surface area contributed by atoms with Gasteiger partial charge in [0.2, 0.25) is 5.91 Å². The SMILES string of the molecule is Cc1cncc(N=CC(NC(=O)CCC(F)(F)F)C(=N)Cl)c1. The van der Waals surface area contributed by atoms with Crippen molar-refractivity contribution in [3.8, 4) is 0 Å². The number of carbonyl (C=O) groups excluding carboxylic acids is 1. The average Bonchev–Trinajstić information content (AvgIpc) is 2.40. The highest BCUT2D eigenvalue weighted by Crippen LogP contribution is 2.21. The molecule has 1 rings (SSSR count). The van der Waals surface area contributed by atoms with Crippen LogP contribution in [0.3, 0.4) is 0 Å². The van der Waals surface area contributed by atoms with Crippen LogP contribution in [0.2, 0.25) is 0 Å². The Hall–Kier alpha value is -1.96. The number of halogens is 4. The summed E-state index contributed by atoms with van der Waals surface area (Å²) in [7, 11) is 0. The van der Waals surface area contributed by atoms with E-state index in [-0.39, 0.29) is 0 Å². The standard InChI is InChI=1S/C13H14ClF3N4O/c1-8-4-9(6-19-5-8)20-7-10(12(14)18)21-11(22)2-3-13(15,16)17/h4-7,10,18H,2-3H2,1H3,(H,21,22). The first-order valence-electron chi connectivity index (χ1n) is 6.23. The van der Waals surface area contributed by atoms with Crippen molar-refractivity contribution >= 4 is 34.6 Å². The lowest BCUT2D eigenvalue weighted by Crippen LogP contribution is -2.40. The summed E-state index contributed by atoms with van der Waals surface area (Å²) in [6.45, 7) is 1.81. The summed E-state index contributed by atoms with van der Waals surface area (Å²) < 4.78 is 36.1. The number of aliphatic imine (C=N–C) groups is 1. The highest BCUT2D eigenvalue weighted by molar-refractivity contribution is 6.67. The number of hydrogen-bond donors (Lipinski definition) is 2. The summed E-state index contributed by atoms with van der Waals surface area (Å²) in [6.07, 6.45) is -2.12. The maximum absolute atomic E-state index is 12.0. The van der Waals surface area contributed by atoms with Crippen molar-refractivity contribution in [3.05, 3.63) is 24.0 Å². The van der Waals surface area contributed by atoms with Gasteiger partial charge in [-0.3, -0.25) is 20.2 Å². The van der Waals surface area contributed by atoms with Gasteiger partial charge in [0.15, 0.2) is 0 Å². The zero-order valence-corrected chi connectivity index (χ0v) is 12.4. The van der Waals surface area contributed by atoms with Crippen molar-refractivity contribution in [3.63, 3.8) is 0 Å². The lowest BCUT2D eigenvalue weighted by atomic mass is 10.2. The van der Waals surface area contributed by atoms with Gasteiger partial charge in [-0.1, -0.05) is 11.6 Å². The maximum atomic E-state index is 12.0. The summed E-state index contributed by atoms with van der Waals surface area (Å²) in [6, 6.07) is 0.632. The minimum Gasteiger partial charge on any atom is -0.342 e. The molecule has 1 amide bonds. The zero-order chi connectivity index (χ0) is 16.8. The Morgan fingerprint density at radius 1 is 1.55 bits per heavy atom. The summed E-state index contributed by atoms with van der Waals surface area (Å²) in [5.74, 6) is -0.860. The lowest BCUT2D eigenvalue weighted by Gasteiger charge is -2.12. The fourth-order valence-corrected chi connectivity index (χ4v) is 1.55. The van der Waals surface area contributed by atoms with Crippen LogP contribution in [0.25, 0.3) is 0 Å². The van der Waals surface area contributed by atoms with Crippen LogP contribution >= 0.6 is 11.6 Å². The number of nitrogens with one attached hydrogen (secondary N) is 2.